The van der Waals surface area contributed by atoms with Crippen LogP contribution in [0.4, 0.5) is 4.79 Å². The summed E-state index contributed by atoms with van der Waals surface area (Å²) in [7, 11) is 0. The van der Waals surface area contributed by atoms with Gasteiger partial charge in [-0.25, -0.2) is 14.8 Å². The van der Waals surface area contributed by atoms with Crippen LogP contribution in [0.15, 0.2) is 98.1 Å². The molecule has 0 radical (unpaired) electrons. The van der Waals surface area contributed by atoms with Crippen molar-refractivity contribution in [3.8, 4) is 0 Å². The van der Waals surface area contributed by atoms with E-state index in [2.05, 4.69) is 43.4 Å². The van der Waals surface area contributed by atoms with Crippen molar-refractivity contribution in [1.82, 2.24) is 28.9 Å². The van der Waals surface area contributed by atoms with E-state index in [-0.39, 0.29) is 18.1 Å². The Morgan fingerprint density at radius 3 is 1.43 bits per heavy atom. The maximum atomic E-state index is 13.9. The zero-order valence-electron chi connectivity index (χ0n) is 24.3. The van der Waals surface area contributed by atoms with Gasteiger partial charge in [0.25, 0.3) is 0 Å². The largest absolute Gasteiger partial charge is 0.375 e. The van der Waals surface area contributed by atoms with E-state index in [0.29, 0.717) is 39.5 Å². The molecule has 0 saturated carbocycles. The Kier molecular flexibility index (Phi) is 11.2. The van der Waals surface area contributed by atoms with Gasteiger partial charge in [-0.2, -0.15) is 0 Å². The lowest BCUT2D eigenvalue weighted by Gasteiger charge is -2.28. The minimum absolute atomic E-state index is 0.0844. The topological polar surface area (TPSA) is 77.7 Å². The zero-order valence-corrected chi connectivity index (χ0v) is 24.3. The second-order valence-corrected chi connectivity index (χ2v) is 10.8. The van der Waals surface area contributed by atoms with Gasteiger partial charge in [0, 0.05) is 51.0 Å². The highest BCUT2D eigenvalue weighted by Crippen LogP contribution is 2.26. The number of carbonyl (C=O) groups excluding carboxylic acids is 1. The van der Waals surface area contributed by atoms with Crippen LogP contribution in [-0.4, -0.2) is 73.3 Å². The van der Waals surface area contributed by atoms with Gasteiger partial charge in [-0.05, 0) is 36.8 Å². The predicted octanol–water partition coefficient (Wildman–Crippen LogP) is 5.25. The smallest absolute Gasteiger partial charge is 0.320 e. The third-order valence-corrected chi connectivity index (χ3v) is 7.79. The molecule has 9 heteroatoms. The Hall–Kier alpha value is -3.95. The number of hydrogen-bond acceptors (Lipinski definition) is 5. The van der Waals surface area contributed by atoms with Gasteiger partial charge in [-0.3, -0.25) is 0 Å². The number of unbranched alkanes of at least 4 members (excludes halogenated alkanes) is 2. The Morgan fingerprint density at radius 2 is 1.02 bits per heavy atom. The summed E-state index contributed by atoms with van der Waals surface area (Å²) in [4.78, 5) is 26.3. The Morgan fingerprint density at radius 1 is 0.595 bits per heavy atom. The maximum Gasteiger partial charge on any atom is 0.320 e. The molecule has 5 rings (SSSR count). The monoisotopic (exact) mass is 570 g/mol. The number of ether oxygens (including phenoxy) is 2. The average Bonchev–Trinajstić information content (AvgIpc) is 3.78. The number of urea groups is 1. The summed E-state index contributed by atoms with van der Waals surface area (Å²) in [6.45, 7) is 5.11. The molecule has 42 heavy (non-hydrogen) atoms. The van der Waals surface area contributed by atoms with Crippen LogP contribution >= 0.6 is 0 Å². The van der Waals surface area contributed by atoms with Crippen molar-refractivity contribution in [3.05, 3.63) is 109 Å². The molecule has 2 atom stereocenters. The van der Waals surface area contributed by atoms with Gasteiger partial charge in [0.05, 0.1) is 51.2 Å². The summed E-state index contributed by atoms with van der Waals surface area (Å²) in [5, 5.41) is 0. The van der Waals surface area contributed by atoms with E-state index in [1.165, 1.54) is 0 Å². The molecule has 9 nitrogen and oxygen atoms in total. The Balaban J connectivity index is 1.25. The van der Waals surface area contributed by atoms with Gasteiger partial charge in [0.2, 0.25) is 0 Å². The van der Waals surface area contributed by atoms with Crippen molar-refractivity contribution in [1.29, 1.82) is 0 Å². The highest BCUT2D eigenvalue weighted by molar-refractivity contribution is 5.78. The number of aromatic nitrogens is 4. The van der Waals surface area contributed by atoms with Crippen LogP contribution < -0.4 is 0 Å². The third-order valence-electron chi connectivity index (χ3n) is 7.79. The number of hydrogen-bond donors (Lipinski definition) is 0. The Bertz CT molecular complexity index is 1180. The minimum Gasteiger partial charge on any atom is -0.375 e. The quantitative estimate of drug-likeness (QED) is 0.153. The average molecular weight is 571 g/mol. The molecule has 2 aromatic carbocycles. The molecule has 1 aliphatic heterocycles. The first kappa shape index (κ1) is 29.5. The van der Waals surface area contributed by atoms with Crippen molar-refractivity contribution >= 4 is 6.03 Å². The lowest BCUT2D eigenvalue weighted by Crippen LogP contribution is -2.44. The standard InChI is InChI=1S/C33H42N6O3/c40-33-38(19-9-7-17-36-21-15-34-27-36)31(25-41-23-29-11-3-1-4-12-29)32(26-42-24-30-13-5-2-6-14-30)39(33)20-10-8-18-37-22-16-35-28-37/h1-6,11-16,21-22,27-28,31-32H,7-10,17-20,23-26H2/t31-,32-/m1/s1. The number of carbonyl (C=O) groups is 1. The van der Waals surface area contributed by atoms with E-state index in [4.69, 9.17) is 9.47 Å². The van der Waals surface area contributed by atoms with E-state index in [0.717, 1.165) is 49.9 Å². The van der Waals surface area contributed by atoms with Gasteiger partial charge in [-0.15, -0.1) is 0 Å². The lowest BCUT2D eigenvalue weighted by molar-refractivity contribution is 0.0274. The van der Waals surface area contributed by atoms with E-state index in [1.54, 1.807) is 12.4 Å². The van der Waals surface area contributed by atoms with Crippen LogP contribution in [0, 0.1) is 0 Å². The molecule has 0 N–H and O–H groups in total. The van der Waals surface area contributed by atoms with Crippen molar-refractivity contribution in [2.75, 3.05) is 26.3 Å². The van der Waals surface area contributed by atoms with Crippen molar-refractivity contribution in [3.63, 3.8) is 0 Å². The van der Waals surface area contributed by atoms with Crippen molar-refractivity contribution in [2.45, 2.75) is 64.1 Å². The van der Waals surface area contributed by atoms with Crippen LogP contribution in [-0.2, 0) is 35.8 Å². The molecule has 1 saturated heterocycles. The van der Waals surface area contributed by atoms with Crippen LogP contribution in [0.2, 0.25) is 0 Å². The second-order valence-electron chi connectivity index (χ2n) is 10.8. The zero-order chi connectivity index (χ0) is 28.8. The second kappa shape index (κ2) is 15.9. The van der Waals surface area contributed by atoms with Crippen LogP contribution in [0.1, 0.15) is 36.8 Å². The fourth-order valence-corrected chi connectivity index (χ4v) is 5.52. The van der Waals surface area contributed by atoms with E-state index in [1.807, 2.05) is 71.2 Å². The molecule has 0 aliphatic carbocycles. The predicted molar refractivity (Wildman–Crippen MR) is 162 cm³/mol. The first-order chi connectivity index (χ1) is 20.8. The van der Waals surface area contributed by atoms with Gasteiger partial charge >= 0.3 is 6.03 Å². The van der Waals surface area contributed by atoms with Gasteiger partial charge in [-0.1, -0.05) is 60.7 Å². The maximum absolute atomic E-state index is 13.9. The molecular formula is C33H42N6O3. The first-order valence-corrected chi connectivity index (χ1v) is 15.0. The fraction of sp³-hybridized carbons (Fsp3) is 0.424. The third kappa shape index (κ3) is 8.53. The highest BCUT2D eigenvalue weighted by atomic mass is 16.5. The first-order valence-electron chi connectivity index (χ1n) is 15.0. The van der Waals surface area contributed by atoms with Crippen LogP contribution in [0.3, 0.4) is 0 Å². The van der Waals surface area contributed by atoms with Crippen molar-refractivity contribution in [2.24, 2.45) is 0 Å². The molecule has 2 amide bonds. The normalized spacial score (nSPS) is 16.9. The van der Waals surface area contributed by atoms with Gasteiger partial charge in [0.1, 0.15) is 0 Å². The fourth-order valence-electron chi connectivity index (χ4n) is 5.52. The highest BCUT2D eigenvalue weighted by Gasteiger charge is 2.45. The van der Waals surface area contributed by atoms with Crippen molar-refractivity contribution < 1.29 is 14.3 Å². The number of aryl methyl sites for hydroxylation is 2. The number of nitrogens with zero attached hydrogens (tertiary/aromatic N) is 6. The van der Waals surface area contributed by atoms with E-state index < -0.39 is 0 Å². The van der Waals surface area contributed by atoms with Crippen LogP contribution in [0.5, 0.6) is 0 Å². The Labute approximate surface area is 248 Å². The van der Waals surface area contributed by atoms with Gasteiger partial charge < -0.3 is 28.4 Å². The molecule has 1 aliphatic rings. The number of benzene rings is 2. The van der Waals surface area contributed by atoms with E-state index >= 15 is 0 Å². The molecule has 0 bridgehead atoms. The molecular weight excluding hydrogens is 528 g/mol. The van der Waals surface area contributed by atoms with E-state index in [9.17, 15) is 4.79 Å². The summed E-state index contributed by atoms with van der Waals surface area (Å²) in [5.41, 5.74) is 2.25. The summed E-state index contributed by atoms with van der Waals surface area (Å²) < 4.78 is 16.7. The summed E-state index contributed by atoms with van der Waals surface area (Å²) in [6.07, 6.45) is 15.0. The molecule has 4 aromatic rings. The molecule has 0 unspecified atom stereocenters. The molecule has 2 aromatic heterocycles. The number of rotatable bonds is 18. The van der Waals surface area contributed by atoms with Gasteiger partial charge in [0.15, 0.2) is 0 Å². The summed E-state index contributed by atoms with van der Waals surface area (Å²) >= 11 is 0. The molecule has 1 fully saturated rings. The molecule has 3 heterocycles. The van der Waals surface area contributed by atoms with Crippen LogP contribution in [0.25, 0.3) is 0 Å². The lowest BCUT2D eigenvalue weighted by atomic mass is 10.1. The molecule has 222 valence electrons. The SMILES string of the molecule is O=C1N(CCCCn2ccnc2)[C@H](COCc2ccccc2)[C@@H](COCc2ccccc2)N1CCCCn1ccnc1. The number of amides is 2. The minimum atomic E-state index is -0.0844. The molecule has 0 spiro atoms. The number of imidazole rings is 2. The summed E-state index contributed by atoms with van der Waals surface area (Å²) in [6, 6.07) is 20.3. The summed E-state index contributed by atoms with van der Waals surface area (Å²) in [5.74, 6) is 0.